The summed E-state index contributed by atoms with van der Waals surface area (Å²) in [5.41, 5.74) is 0.853. The lowest BCUT2D eigenvalue weighted by Crippen LogP contribution is -2.15. The van der Waals surface area contributed by atoms with E-state index in [4.69, 9.17) is 0 Å². The molecule has 0 saturated heterocycles. The fourth-order valence-electron chi connectivity index (χ4n) is 2.35. The molecular weight excluding hydrogens is 176 g/mol. The highest BCUT2D eigenvalue weighted by Gasteiger charge is 2.30. The topological polar surface area (TPSA) is 46.0 Å². The van der Waals surface area contributed by atoms with Crippen LogP contribution in [0.5, 0.6) is 0 Å². The molecule has 3 heteroatoms. The van der Waals surface area contributed by atoms with Gasteiger partial charge in [0.1, 0.15) is 6.33 Å². The molecule has 1 fully saturated rings. The van der Waals surface area contributed by atoms with Crippen LogP contribution in [0.1, 0.15) is 37.9 Å². The maximum atomic E-state index is 10.1. The zero-order valence-corrected chi connectivity index (χ0v) is 8.43. The predicted molar refractivity (Wildman–Crippen MR) is 53.5 cm³/mol. The van der Waals surface area contributed by atoms with Gasteiger partial charge in [-0.3, -0.25) is 0 Å². The number of hydrogen-bond donors (Lipinski definition) is 1. The van der Waals surface area contributed by atoms with E-state index in [-0.39, 0.29) is 6.10 Å². The van der Waals surface area contributed by atoms with Crippen LogP contribution in [0.3, 0.4) is 0 Å². The van der Waals surface area contributed by atoms with Crippen LogP contribution in [0.4, 0.5) is 0 Å². The summed E-state index contributed by atoms with van der Waals surface area (Å²) in [6.07, 6.45) is 8.12. The zero-order valence-electron chi connectivity index (χ0n) is 8.43. The van der Waals surface area contributed by atoms with Gasteiger partial charge in [0.2, 0.25) is 0 Å². The van der Waals surface area contributed by atoms with Crippen molar-refractivity contribution in [1.29, 1.82) is 0 Å². The average molecular weight is 192 g/mol. The SMILES string of the molecule is CC1CCCC1C(O)c1cncnc1. The summed E-state index contributed by atoms with van der Waals surface area (Å²) in [6.45, 7) is 2.21. The highest BCUT2D eigenvalue weighted by molar-refractivity contribution is 5.08. The molecule has 0 spiro atoms. The van der Waals surface area contributed by atoms with Crippen LogP contribution in [0.2, 0.25) is 0 Å². The quantitative estimate of drug-likeness (QED) is 0.779. The van der Waals surface area contributed by atoms with Crippen molar-refractivity contribution in [2.75, 3.05) is 0 Å². The summed E-state index contributed by atoms with van der Waals surface area (Å²) in [5.74, 6) is 1.01. The number of aliphatic hydroxyl groups is 1. The Kier molecular flexibility index (Phi) is 2.77. The van der Waals surface area contributed by atoms with Crippen molar-refractivity contribution >= 4 is 0 Å². The number of aliphatic hydroxyl groups excluding tert-OH is 1. The molecule has 1 aromatic rings. The Balaban J connectivity index is 2.12. The van der Waals surface area contributed by atoms with Crippen LogP contribution in [0.15, 0.2) is 18.7 Å². The third-order valence-electron chi connectivity index (χ3n) is 3.26. The van der Waals surface area contributed by atoms with Gasteiger partial charge >= 0.3 is 0 Å². The molecule has 3 nitrogen and oxygen atoms in total. The second-order valence-corrected chi connectivity index (χ2v) is 4.19. The van der Waals surface area contributed by atoms with E-state index in [1.807, 2.05) is 0 Å². The van der Waals surface area contributed by atoms with Crippen LogP contribution < -0.4 is 0 Å². The van der Waals surface area contributed by atoms with E-state index < -0.39 is 0 Å². The fourth-order valence-corrected chi connectivity index (χ4v) is 2.35. The van der Waals surface area contributed by atoms with E-state index in [1.165, 1.54) is 19.2 Å². The Bertz CT molecular complexity index is 289. The van der Waals surface area contributed by atoms with Crippen LogP contribution in [-0.4, -0.2) is 15.1 Å². The van der Waals surface area contributed by atoms with Gasteiger partial charge in [0.05, 0.1) is 6.10 Å². The normalized spacial score (nSPS) is 29.0. The van der Waals surface area contributed by atoms with E-state index in [2.05, 4.69) is 16.9 Å². The smallest absolute Gasteiger partial charge is 0.115 e. The Hall–Kier alpha value is -0.960. The molecule has 1 N–H and O–H groups in total. The summed E-state index contributed by atoms with van der Waals surface area (Å²) >= 11 is 0. The largest absolute Gasteiger partial charge is 0.388 e. The first-order valence-corrected chi connectivity index (χ1v) is 5.22. The molecule has 14 heavy (non-hydrogen) atoms. The summed E-state index contributed by atoms with van der Waals surface area (Å²) in [7, 11) is 0. The van der Waals surface area contributed by atoms with Gasteiger partial charge in [-0.15, -0.1) is 0 Å². The van der Waals surface area contributed by atoms with Gasteiger partial charge in [-0.1, -0.05) is 19.8 Å². The summed E-state index contributed by atoms with van der Waals surface area (Å²) in [4.78, 5) is 7.86. The Morgan fingerprint density at radius 3 is 2.64 bits per heavy atom. The molecule has 1 aliphatic carbocycles. The third-order valence-corrected chi connectivity index (χ3v) is 3.26. The predicted octanol–water partition coefficient (Wildman–Crippen LogP) is 1.95. The Labute approximate surface area is 84.2 Å². The maximum absolute atomic E-state index is 10.1. The van der Waals surface area contributed by atoms with Crippen LogP contribution in [0, 0.1) is 11.8 Å². The average Bonchev–Trinajstić information content (AvgIpc) is 2.65. The van der Waals surface area contributed by atoms with Crippen molar-refractivity contribution in [2.24, 2.45) is 11.8 Å². The lowest BCUT2D eigenvalue weighted by molar-refractivity contribution is 0.0894. The van der Waals surface area contributed by atoms with Gasteiger partial charge in [-0.2, -0.15) is 0 Å². The molecule has 2 rings (SSSR count). The van der Waals surface area contributed by atoms with Crippen molar-refractivity contribution in [3.63, 3.8) is 0 Å². The molecule has 0 radical (unpaired) electrons. The van der Waals surface area contributed by atoms with Gasteiger partial charge in [0, 0.05) is 18.0 Å². The molecule has 3 atom stereocenters. The first-order chi connectivity index (χ1) is 6.79. The highest BCUT2D eigenvalue weighted by Crippen LogP contribution is 2.39. The maximum Gasteiger partial charge on any atom is 0.115 e. The van der Waals surface area contributed by atoms with Gasteiger partial charge < -0.3 is 5.11 Å². The van der Waals surface area contributed by atoms with Crippen LogP contribution in [0.25, 0.3) is 0 Å². The van der Waals surface area contributed by atoms with E-state index in [0.29, 0.717) is 11.8 Å². The summed E-state index contributed by atoms with van der Waals surface area (Å²) in [6, 6.07) is 0. The van der Waals surface area contributed by atoms with Crippen molar-refractivity contribution in [3.05, 3.63) is 24.3 Å². The molecule has 0 aromatic carbocycles. The van der Waals surface area contributed by atoms with Crippen LogP contribution >= 0.6 is 0 Å². The van der Waals surface area contributed by atoms with Gasteiger partial charge in [-0.25, -0.2) is 9.97 Å². The van der Waals surface area contributed by atoms with E-state index in [0.717, 1.165) is 12.0 Å². The van der Waals surface area contributed by atoms with Crippen molar-refractivity contribution in [1.82, 2.24) is 9.97 Å². The number of nitrogens with zero attached hydrogens (tertiary/aromatic N) is 2. The van der Waals surface area contributed by atoms with Crippen molar-refractivity contribution in [3.8, 4) is 0 Å². The van der Waals surface area contributed by atoms with E-state index in [1.54, 1.807) is 12.4 Å². The number of rotatable bonds is 2. The van der Waals surface area contributed by atoms with Gasteiger partial charge in [-0.05, 0) is 18.3 Å². The minimum Gasteiger partial charge on any atom is -0.388 e. The molecule has 1 aliphatic rings. The molecule has 3 unspecified atom stereocenters. The zero-order chi connectivity index (χ0) is 9.97. The number of aromatic nitrogens is 2. The summed E-state index contributed by atoms with van der Waals surface area (Å²) < 4.78 is 0. The Morgan fingerprint density at radius 1 is 1.36 bits per heavy atom. The van der Waals surface area contributed by atoms with E-state index in [9.17, 15) is 5.11 Å². The minimum absolute atomic E-state index is 0.381. The lowest BCUT2D eigenvalue weighted by atomic mass is 9.89. The standard InChI is InChI=1S/C11H16N2O/c1-8-3-2-4-10(8)11(14)9-5-12-7-13-6-9/h5-8,10-11,14H,2-4H2,1H3. The Morgan fingerprint density at radius 2 is 2.07 bits per heavy atom. The van der Waals surface area contributed by atoms with Gasteiger partial charge in [0.25, 0.3) is 0 Å². The molecule has 0 amide bonds. The second kappa shape index (κ2) is 4.05. The lowest BCUT2D eigenvalue weighted by Gasteiger charge is -2.21. The summed E-state index contributed by atoms with van der Waals surface area (Å²) in [5, 5.41) is 10.1. The van der Waals surface area contributed by atoms with E-state index >= 15 is 0 Å². The minimum atomic E-state index is -0.381. The fraction of sp³-hybridized carbons (Fsp3) is 0.636. The number of hydrogen-bond acceptors (Lipinski definition) is 3. The highest BCUT2D eigenvalue weighted by atomic mass is 16.3. The molecular formula is C11H16N2O. The first kappa shape index (κ1) is 9.59. The molecule has 1 aromatic heterocycles. The molecule has 1 heterocycles. The molecule has 0 aliphatic heterocycles. The van der Waals surface area contributed by atoms with Gasteiger partial charge in [0.15, 0.2) is 0 Å². The first-order valence-electron chi connectivity index (χ1n) is 5.22. The van der Waals surface area contributed by atoms with Crippen molar-refractivity contribution in [2.45, 2.75) is 32.3 Å². The molecule has 1 saturated carbocycles. The third kappa shape index (κ3) is 1.77. The van der Waals surface area contributed by atoms with Crippen LogP contribution in [-0.2, 0) is 0 Å². The van der Waals surface area contributed by atoms with Crippen molar-refractivity contribution < 1.29 is 5.11 Å². The molecule has 0 bridgehead atoms. The molecule has 76 valence electrons. The monoisotopic (exact) mass is 192 g/mol. The second-order valence-electron chi connectivity index (χ2n) is 4.19.